The molecule has 2 unspecified atom stereocenters. The molecule has 0 fully saturated rings. The molecule has 331 valence electrons. The number of hydrogen-bond donors (Lipinski definition) is 0. The number of allylic oxidation sites excluding steroid dienone is 2. The monoisotopic (exact) mass is 941 g/mol. The van der Waals surface area contributed by atoms with Gasteiger partial charge in [-0.1, -0.05) is 0 Å². The topological polar surface area (TPSA) is 18.5 Å². The summed E-state index contributed by atoms with van der Waals surface area (Å²) in [6.07, 6.45) is 8.93. The van der Waals surface area contributed by atoms with E-state index in [0.29, 0.717) is 0 Å². The SMILES string of the molecule is CCCC1=Cc2ccccc2[C]1(c1ccccc1)[Zr]([O]c1ccc(C)cc1C(C)(C)C)([O]c1ccc(C)cc1C(C)(C)C)([SiH](C)C)[C]1(c2ccccc2)C(CCC)=Cc2ccccc21. The van der Waals surface area contributed by atoms with Crippen molar-refractivity contribution in [3.8, 4) is 11.5 Å². The van der Waals surface area contributed by atoms with Crippen molar-refractivity contribution in [1.29, 1.82) is 0 Å². The number of benzene rings is 6. The Morgan fingerprint density at radius 1 is 0.484 bits per heavy atom. The van der Waals surface area contributed by atoms with Gasteiger partial charge in [-0.3, -0.25) is 0 Å². The summed E-state index contributed by atoms with van der Waals surface area (Å²) in [5.41, 5.74) is 15.0. The number of rotatable bonds is 13. The van der Waals surface area contributed by atoms with Crippen LogP contribution in [0.3, 0.4) is 0 Å². The molecule has 4 heteroatoms. The summed E-state index contributed by atoms with van der Waals surface area (Å²) >= 11 is -6.59. The summed E-state index contributed by atoms with van der Waals surface area (Å²) in [6.45, 7) is 28.5. The third-order valence-electron chi connectivity index (χ3n) is 14.8. The van der Waals surface area contributed by atoms with Crippen molar-refractivity contribution < 1.29 is 24.4 Å². The Kier molecular flexibility index (Phi) is 12.3. The second-order valence-corrected chi connectivity index (χ2v) is 48.6. The van der Waals surface area contributed by atoms with Crippen LogP contribution in [0.15, 0.2) is 157 Å². The van der Waals surface area contributed by atoms with Crippen LogP contribution in [0.25, 0.3) is 12.2 Å². The van der Waals surface area contributed by atoms with Gasteiger partial charge in [0.2, 0.25) is 0 Å². The Bertz CT molecular complexity index is 2550. The molecular formula is C60H71O2SiZr. The van der Waals surface area contributed by atoms with Crippen LogP contribution in [0.4, 0.5) is 0 Å². The Labute approximate surface area is 388 Å². The van der Waals surface area contributed by atoms with E-state index in [2.05, 4.69) is 240 Å². The predicted octanol–water partition coefficient (Wildman–Crippen LogP) is 16.1. The molecule has 0 saturated carbocycles. The van der Waals surface area contributed by atoms with Gasteiger partial charge in [0, 0.05) is 0 Å². The molecule has 0 radical (unpaired) electrons. The molecule has 2 atom stereocenters. The minimum atomic E-state index is -6.59. The quantitative estimate of drug-likeness (QED) is 0.107. The van der Waals surface area contributed by atoms with Gasteiger partial charge in [-0.2, -0.15) is 0 Å². The summed E-state index contributed by atoms with van der Waals surface area (Å²) in [5, 5.41) is 0. The van der Waals surface area contributed by atoms with Crippen LogP contribution >= 0.6 is 0 Å². The van der Waals surface area contributed by atoms with E-state index in [9.17, 15) is 5.63 Å². The van der Waals surface area contributed by atoms with Crippen molar-refractivity contribution in [1.82, 2.24) is 0 Å². The molecule has 0 N–H and O–H groups in total. The van der Waals surface area contributed by atoms with E-state index in [1.807, 2.05) is 0 Å². The summed E-state index contributed by atoms with van der Waals surface area (Å²) in [6, 6.07) is 55.9. The van der Waals surface area contributed by atoms with E-state index < -0.39 is 31.0 Å². The van der Waals surface area contributed by atoms with E-state index in [4.69, 9.17) is 0 Å². The average Bonchev–Trinajstić information content (AvgIpc) is 3.79. The molecule has 2 aliphatic rings. The molecule has 6 aromatic rings. The fourth-order valence-electron chi connectivity index (χ4n) is 12.4. The van der Waals surface area contributed by atoms with E-state index in [1.54, 1.807) is 0 Å². The van der Waals surface area contributed by atoms with Gasteiger partial charge >= 0.3 is 391 Å². The van der Waals surface area contributed by atoms with Crippen molar-refractivity contribution in [3.05, 3.63) is 212 Å². The van der Waals surface area contributed by atoms with Crippen LogP contribution in [-0.2, 0) is 35.9 Å². The molecule has 0 saturated heterocycles. The summed E-state index contributed by atoms with van der Waals surface area (Å²) in [7, 11) is 0. The van der Waals surface area contributed by atoms with Gasteiger partial charge in [0.05, 0.1) is 0 Å². The molecule has 8 rings (SSSR count). The first-order chi connectivity index (χ1) is 30.5. The summed E-state index contributed by atoms with van der Waals surface area (Å²) in [5.74, 6) is -0.494. The van der Waals surface area contributed by atoms with Crippen molar-refractivity contribution in [3.63, 3.8) is 0 Å². The molecule has 6 aromatic carbocycles. The first-order valence-electron chi connectivity index (χ1n) is 24.0. The first kappa shape index (κ1) is 46.0. The van der Waals surface area contributed by atoms with Crippen molar-refractivity contribution in [2.45, 2.75) is 125 Å². The summed E-state index contributed by atoms with van der Waals surface area (Å²) in [4.78, 5) is 0. The number of hydrogen-bond acceptors (Lipinski definition) is 2. The molecule has 0 amide bonds. The van der Waals surface area contributed by atoms with Crippen molar-refractivity contribution >= 4 is 18.1 Å². The standard InChI is InChI=1S/2C18H17.2C11H16O.C2H7Si.Zr/c2*1-2-8-16-13-15-11-6-7-12-17(15)18(16)14-9-4-3-5-10-14;2*1-8-5-6-10(12)9(7-8)11(2,3)4;1-3-2;/h2*3-7,9-13H,2,8H2,1H3;2*5-7,12H,1-4H3;3H,1-2H3;/q;;;;;+2/p-2. The number of fused-ring (bicyclic) bond motifs is 2. The van der Waals surface area contributed by atoms with Gasteiger partial charge in [0.15, 0.2) is 0 Å². The normalized spacial score (nSPS) is 19.0. The van der Waals surface area contributed by atoms with Crippen LogP contribution in [-0.4, -0.2) is 5.92 Å². The zero-order chi connectivity index (χ0) is 45.7. The Balaban J connectivity index is 1.81. The van der Waals surface area contributed by atoms with Crippen LogP contribution in [0.1, 0.15) is 137 Å². The molecule has 2 aliphatic carbocycles. The van der Waals surface area contributed by atoms with Gasteiger partial charge < -0.3 is 0 Å². The fraction of sp³-hybridized carbons (Fsp3) is 0.333. The van der Waals surface area contributed by atoms with Gasteiger partial charge in [0.25, 0.3) is 0 Å². The van der Waals surface area contributed by atoms with Crippen LogP contribution in [0.2, 0.25) is 13.1 Å². The molecule has 0 aliphatic heterocycles. The van der Waals surface area contributed by atoms with E-state index >= 15 is 0 Å². The molecule has 64 heavy (non-hydrogen) atoms. The predicted molar refractivity (Wildman–Crippen MR) is 273 cm³/mol. The van der Waals surface area contributed by atoms with Gasteiger partial charge in [-0.25, -0.2) is 0 Å². The van der Waals surface area contributed by atoms with Gasteiger partial charge in [0.1, 0.15) is 0 Å². The first-order valence-corrected chi connectivity index (χ1v) is 35.6. The van der Waals surface area contributed by atoms with Crippen LogP contribution in [0.5, 0.6) is 11.5 Å². The average molecular weight is 944 g/mol. The third-order valence-corrected chi connectivity index (χ3v) is 53.2. The molecule has 0 bridgehead atoms. The Hall–Kier alpha value is -4.50. The maximum absolute atomic E-state index is 9.38. The zero-order valence-electron chi connectivity index (χ0n) is 40.7. The third kappa shape index (κ3) is 6.70. The molecule has 2 nitrogen and oxygen atoms in total. The Morgan fingerprint density at radius 3 is 1.19 bits per heavy atom. The summed E-state index contributed by atoms with van der Waals surface area (Å²) < 4.78 is 17.2. The van der Waals surface area contributed by atoms with Crippen molar-refractivity contribution in [2.75, 3.05) is 0 Å². The molecule has 0 spiro atoms. The van der Waals surface area contributed by atoms with Crippen LogP contribution in [0, 0.1) is 13.8 Å². The molecule has 0 heterocycles. The maximum atomic E-state index is 9.38. The van der Waals surface area contributed by atoms with Gasteiger partial charge in [-0.15, -0.1) is 0 Å². The van der Waals surface area contributed by atoms with E-state index in [1.165, 1.54) is 66.8 Å². The van der Waals surface area contributed by atoms with Crippen LogP contribution < -0.4 is 5.63 Å². The van der Waals surface area contributed by atoms with E-state index in [-0.39, 0.29) is 10.8 Å². The fourth-order valence-corrected chi connectivity index (χ4v) is 55.5. The van der Waals surface area contributed by atoms with E-state index in [0.717, 1.165) is 37.2 Å². The second kappa shape index (κ2) is 17.1. The van der Waals surface area contributed by atoms with Crippen molar-refractivity contribution in [2.24, 2.45) is 0 Å². The minimum absolute atomic E-state index is 0.232. The Morgan fingerprint density at radius 2 is 0.844 bits per heavy atom. The van der Waals surface area contributed by atoms with Gasteiger partial charge in [-0.05, 0) is 0 Å². The molecular weight excluding hydrogens is 872 g/mol. The number of aryl methyl sites for hydroxylation is 2. The zero-order valence-corrected chi connectivity index (χ0v) is 44.3. The second-order valence-electron chi connectivity index (χ2n) is 21.2. The molecule has 0 aromatic heterocycles.